The van der Waals surface area contributed by atoms with Crippen LogP contribution >= 0.6 is 0 Å². The van der Waals surface area contributed by atoms with E-state index < -0.39 is 27.0 Å². The third kappa shape index (κ3) is 4.36. The predicted octanol–water partition coefficient (Wildman–Crippen LogP) is 2.33. The largest absolute Gasteiger partial charge is 0.573 e. The first kappa shape index (κ1) is 18.0. The van der Waals surface area contributed by atoms with Crippen LogP contribution in [-0.4, -0.2) is 38.2 Å². The van der Waals surface area contributed by atoms with Crippen molar-refractivity contribution in [3.8, 4) is 5.75 Å². The maximum Gasteiger partial charge on any atom is 0.573 e. The van der Waals surface area contributed by atoms with Gasteiger partial charge in [-0.1, -0.05) is 12.1 Å². The van der Waals surface area contributed by atoms with Crippen molar-refractivity contribution in [1.29, 1.82) is 0 Å². The van der Waals surface area contributed by atoms with Crippen molar-refractivity contribution in [2.45, 2.75) is 37.1 Å². The zero-order chi connectivity index (χ0) is 17.3. The molecule has 130 valence electrons. The van der Waals surface area contributed by atoms with Crippen molar-refractivity contribution in [3.05, 3.63) is 24.3 Å². The standard InChI is InChI=1S/C14H19F3N2O3S/c1-10(18)11-5-4-8-19(9-11)23(20,21)13-7-3-2-6-12(13)22-14(15,16)17/h2-3,6-7,10-11H,4-5,8-9,18H2,1H3/t10-,11-/m0/s1. The predicted molar refractivity (Wildman–Crippen MR) is 78.3 cm³/mol. The zero-order valence-electron chi connectivity index (χ0n) is 12.6. The van der Waals surface area contributed by atoms with Crippen LogP contribution in [0.15, 0.2) is 29.2 Å². The summed E-state index contributed by atoms with van der Waals surface area (Å²) in [4.78, 5) is -0.484. The van der Waals surface area contributed by atoms with Gasteiger partial charge in [0.2, 0.25) is 10.0 Å². The van der Waals surface area contributed by atoms with Crippen molar-refractivity contribution in [3.63, 3.8) is 0 Å². The summed E-state index contributed by atoms with van der Waals surface area (Å²) in [6, 6.07) is 4.58. The molecule has 0 saturated carbocycles. The van der Waals surface area contributed by atoms with Gasteiger partial charge in [0.15, 0.2) is 0 Å². The molecule has 23 heavy (non-hydrogen) atoms. The second-order valence-electron chi connectivity index (χ2n) is 5.62. The Balaban J connectivity index is 2.33. The van der Waals surface area contributed by atoms with Crippen LogP contribution < -0.4 is 10.5 Å². The molecule has 2 atom stereocenters. The van der Waals surface area contributed by atoms with Crippen molar-refractivity contribution in [1.82, 2.24) is 4.31 Å². The molecule has 1 heterocycles. The number of alkyl halides is 3. The van der Waals surface area contributed by atoms with E-state index in [1.165, 1.54) is 16.4 Å². The number of para-hydroxylation sites is 1. The Labute approximate surface area is 133 Å². The Kier molecular flexibility index (Phi) is 5.22. The van der Waals surface area contributed by atoms with E-state index in [4.69, 9.17) is 5.73 Å². The van der Waals surface area contributed by atoms with Crippen LogP contribution in [0.25, 0.3) is 0 Å². The summed E-state index contributed by atoms with van der Waals surface area (Å²) in [5, 5.41) is 0. The summed E-state index contributed by atoms with van der Waals surface area (Å²) >= 11 is 0. The minimum Gasteiger partial charge on any atom is -0.404 e. The Morgan fingerprint density at radius 1 is 1.35 bits per heavy atom. The molecule has 1 aliphatic heterocycles. The van der Waals surface area contributed by atoms with Gasteiger partial charge in [-0.05, 0) is 37.8 Å². The Hall–Kier alpha value is -1.32. The molecule has 0 bridgehead atoms. The number of nitrogens with two attached hydrogens (primary N) is 1. The van der Waals surface area contributed by atoms with Gasteiger partial charge in [-0.15, -0.1) is 13.2 Å². The molecule has 1 aromatic rings. The number of sulfonamides is 1. The number of piperidine rings is 1. The molecule has 2 rings (SSSR count). The van der Waals surface area contributed by atoms with Crippen LogP contribution in [0.3, 0.4) is 0 Å². The van der Waals surface area contributed by atoms with Gasteiger partial charge in [0.05, 0.1) is 0 Å². The molecule has 1 fully saturated rings. The summed E-state index contributed by atoms with van der Waals surface area (Å²) < 4.78 is 67.9. The summed E-state index contributed by atoms with van der Waals surface area (Å²) in [6.07, 6.45) is -3.54. The molecule has 1 aromatic carbocycles. The van der Waals surface area contributed by atoms with E-state index in [1.807, 2.05) is 0 Å². The number of halogens is 3. The van der Waals surface area contributed by atoms with Gasteiger partial charge in [-0.25, -0.2) is 8.42 Å². The molecule has 0 amide bonds. The highest BCUT2D eigenvalue weighted by Crippen LogP contribution is 2.33. The zero-order valence-corrected chi connectivity index (χ0v) is 13.4. The van der Waals surface area contributed by atoms with Crippen LogP contribution in [0.4, 0.5) is 13.2 Å². The fourth-order valence-corrected chi connectivity index (χ4v) is 4.28. The van der Waals surface area contributed by atoms with E-state index in [-0.39, 0.29) is 25.0 Å². The maximum atomic E-state index is 12.7. The first-order valence-electron chi connectivity index (χ1n) is 7.22. The average molecular weight is 352 g/mol. The number of nitrogens with zero attached hydrogens (tertiary/aromatic N) is 1. The highest BCUT2D eigenvalue weighted by atomic mass is 32.2. The summed E-state index contributed by atoms with van der Waals surface area (Å²) in [6.45, 7) is 2.24. The Morgan fingerprint density at radius 3 is 2.61 bits per heavy atom. The van der Waals surface area contributed by atoms with Gasteiger partial charge in [-0.2, -0.15) is 4.31 Å². The van der Waals surface area contributed by atoms with Crippen molar-refractivity contribution in [2.75, 3.05) is 13.1 Å². The lowest BCUT2D eigenvalue weighted by Gasteiger charge is -2.34. The summed E-state index contributed by atoms with van der Waals surface area (Å²) in [5.41, 5.74) is 5.83. The van der Waals surface area contributed by atoms with Gasteiger partial charge in [-0.3, -0.25) is 0 Å². The van der Waals surface area contributed by atoms with Crippen LogP contribution in [-0.2, 0) is 10.0 Å². The molecule has 9 heteroatoms. The summed E-state index contributed by atoms with van der Waals surface area (Å²) in [5.74, 6) is -0.739. The van der Waals surface area contributed by atoms with E-state index in [9.17, 15) is 21.6 Å². The lowest BCUT2D eigenvalue weighted by atomic mass is 9.93. The summed E-state index contributed by atoms with van der Waals surface area (Å²) in [7, 11) is -4.08. The fourth-order valence-electron chi connectivity index (χ4n) is 2.63. The third-order valence-corrected chi connectivity index (χ3v) is 5.76. The first-order valence-corrected chi connectivity index (χ1v) is 8.66. The highest BCUT2D eigenvalue weighted by Gasteiger charge is 2.37. The lowest BCUT2D eigenvalue weighted by molar-refractivity contribution is -0.275. The van der Waals surface area contributed by atoms with E-state index in [0.717, 1.165) is 18.6 Å². The molecule has 0 radical (unpaired) electrons. The third-order valence-electron chi connectivity index (χ3n) is 3.86. The van der Waals surface area contributed by atoms with E-state index in [0.29, 0.717) is 6.42 Å². The second-order valence-corrected chi connectivity index (χ2v) is 7.53. The maximum absolute atomic E-state index is 12.7. The van der Waals surface area contributed by atoms with Crippen molar-refractivity contribution in [2.24, 2.45) is 11.7 Å². The van der Waals surface area contributed by atoms with Gasteiger partial charge >= 0.3 is 6.36 Å². The normalized spacial score (nSPS) is 21.9. The highest BCUT2D eigenvalue weighted by molar-refractivity contribution is 7.89. The number of hydrogen-bond donors (Lipinski definition) is 1. The number of hydrogen-bond acceptors (Lipinski definition) is 4. The SMILES string of the molecule is C[C@H](N)[C@H]1CCCN(S(=O)(=O)c2ccccc2OC(F)(F)F)C1. The minimum atomic E-state index is -4.96. The quantitative estimate of drug-likeness (QED) is 0.903. The molecular weight excluding hydrogens is 333 g/mol. The monoisotopic (exact) mass is 352 g/mol. The number of rotatable bonds is 4. The first-order chi connectivity index (χ1) is 10.6. The Morgan fingerprint density at radius 2 is 2.00 bits per heavy atom. The number of benzene rings is 1. The van der Waals surface area contributed by atoms with Crippen molar-refractivity contribution < 1.29 is 26.3 Å². The van der Waals surface area contributed by atoms with Gasteiger partial charge in [0.1, 0.15) is 10.6 Å². The van der Waals surface area contributed by atoms with Gasteiger partial charge in [0, 0.05) is 19.1 Å². The Bertz CT molecular complexity index is 647. The molecule has 2 N–H and O–H groups in total. The molecule has 0 spiro atoms. The van der Waals surface area contributed by atoms with E-state index >= 15 is 0 Å². The minimum absolute atomic E-state index is 0.0192. The molecule has 1 saturated heterocycles. The fraction of sp³-hybridized carbons (Fsp3) is 0.571. The molecule has 0 aliphatic carbocycles. The lowest BCUT2D eigenvalue weighted by Crippen LogP contribution is -2.45. The van der Waals surface area contributed by atoms with Crippen LogP contribution in [0.5, 0.6) is 5.75 Å². The van der Waals surface area contributed by atoms with Crippen LogP contribution in [0.1, 0.15) is 19.8 Å². The van der Waals surface area contributed by atoms with E-state index in [1.54, 1.807) is 6.92 Å². The molecular formula is C14H19F3N2O3S. The number of ether oxygens (including phenoxy) is 1. The second kappa shape index (κ2) is 6.66. The van der Waals surface area contributed by atoms with Crippen LogP contribution in [0.2, 0.25) is 0 Å². The van der Waals surface area contributed by atoms with Crippen molar-refractivity contribution >= 4 is 10.0 Å². The van der Waals surface area contributed by atoms with E-state index in [2.05, 4.69) is 4.74 Å². The molecule has 5 nitrogen and oxygen atoms in total. The van der Waals surface area contributed by atoms with Crippen LogP contribution in [0, 0.1) is 5.92 Å². The molecule has 0 aromatic heterocycles. The smallest absolute Gasteiger partial charge is 0.404 e. The molecule has 1 aliphatic rings. The van der Waals surface area contributed by atoms with Gasteiger partial charge < -0.3 is 10.5 Å². The topological polar surface area (TPSA) is 72.6 Å². The molecule has 0 unspecified atom stereocenters. The van der Waals surface area contributed by atoms with Gasteiger partial charge in [0.25, 0.3) is 0 Å². The average Bonchev–Trinajstić information content (AvgIpc) is 2.46.